The summed E-state index contributed by atoms with van der Waals surface area (Å²) < 4.78 is 1.90. The molecule has 2 aromatic rings. The van der Waals surface area contributed by atoms with Crippen LogP contribution < -0.4 is 0 Å². The minimum absolute atomic E-state index is 0.00251. The van der Waals surface area contributed by atoms with Gasteiger partial charge in [0.1, 0.15) is 17.9 Å². The van der Waals surface area contributed by atoms with E-state index in [0.717, 1.165) is 18.7 Å². The van der Waals surface area contributed by atoms with Crippen molar-refractivity contribution in [2.75, 3.05) is 13.1 Å². The van der Waals surface area contributed by atoms with E-state index in [4.69, 9.17) is 0 Å². The molecule has 110 valence electrons. The molecule has 0 aliphatic carbocycles. The van der Waals surface area contributed by atoms with E-state index in [1.54, 1.807) is 11.2 Å². The molecular weight excluding hydrogens is 270 g/mol. The highest BCUT2D eigenvalue weighted by molar-refractivity contribution is 5.94. The first-order valence-electron chi connectivity index (χ1n) is 6.92. The highest BCUT2D eigenvalue weighted by Crippen LogP contribution is 2.26. The largest absolute Gasteiger partial charge is 0.506 e. The topological polar surface area (TPSA) is 84.1 Å². The van der Waals surface area contributed by atoms with E-state index >= 15 is 0 Å². The van der Waals surface area contributed by atoms with Crippen LogP contribution in [0.1, 0.15) is 34.9 Å². The number of amides is 1. The van der Waals surface area contributed by atoms with Crippen molar-refractivity contribution in [1.29, 1.82) is 0 Å². The Morgan fingerprint density at radius 1 is 1.43 bits per heavy atom. The molecule has 1 aliphatic heterocycles. The Morgan fingerprint density at radius 2 is 2.29 bits per heavy atom. The molecule has 0 aromatic carbocycles. The predicted octanol–water partition coefficient (Wildman–Crippen LogP) is 0.935. The number of rotatable bonds is 2. The van der Waals surface area contributed by atoms with Gasteiger partial charge in [0, 0.05) is 32.3 Å². The first-order valence-corrected chi connectivity index (χ1v) is 6.92. The van der Waals surface area contributed by atoms with Gasteiger partial charge in [-0.05, 0) is 18.9 Å². The fourth-order valence-electron chi connectivity index (χ4n) is 2.76. The second-order valence-electron chi connectivity index (χ2n) is 5.32. The molecule has 1 amide bonds. The van der Waals surface area contributed by atoms with Crippen LogP contribution in [0.2, 0.25) is 0 Å². The van der Waals surface area contributed by atoms with E-state index < -0.39 is 0 Å². The molecule has 1 N–H and O–H groups in total. The Hall–Kier alpha value is -2.44. The van der Waals surface area contributed by atoms with Crippen LogP contribution in [-0.4, -0.2) is 48.8 Å². The quantitative estimate of drug-likeness (QED) is 0.888. The minimum Gasteiger partial charge on any atom is -0.506 e. The Bertz CT molecular complexity index is 654. The van der Waals surface area contributed by atoms with Crippen LogP contribution in [0.25, 0.3) is 0 Å². The van der Waals surface area contributed by atoms with Crippen molar-refractivity contribution in [3.63, 3.8) is 0 Å². The van der Waals surface area contributed by atoms with Gasteiger partial charge in [0.15, 0.2) is 0 Å². The summed E-state index contributed by atoms with van der Waals surface area (Å²) in [4.78, 5) is 18.1. The van der Waals surface area contributed by atoms with Crippen molar-refractivity contribution >= 4 is 5.91 Å². The number of hydrogen-bond donors (Lipinski definition) is 1. The lowest BCUT2D eigenvalue weighted by molar-refractivity contribution is 0.0702. The van der Waals surface area contributed by atoms with Crippen molar-refractivity contribution in [1.82, 2.24) is 24.6 Å². The number of hydrogen-bond acceptors (Lipinski definition) is 5. The number of piperidine rings is 1. The second-order valence-corrected chi connectivity index (χ2v) is 5.32. The van der Waals surface area contributed by atoms with Gasteiger partial charge in [0.25, 0.3) is 5.91 Å². The molecule has 7 heteroatoms. The Kier molecular flexibility index (Phi) is 3.55. The summed E-state index contributed by atoms with van der Waals surface area (Å²) in [6, 6.07) is 1.45. The monoisotopic (exact) mass is 287 g/mol. The van der Waals surface area contributed by atoms with E-state index in [9.17, 15) is 9.90 Å². The van der Waals surface area contributed by atoms with Gasteiger partial charge in [-0.1, -0.05) is 0 Å². The van der Waals surface area contributed by atoms with Crippen LogP contribution in [-0.2, 0) is 7.05 Å². The lowest BCUT2D eigenvalue weighted by atomic mass is 9.96. The van der Waals surface area contributed by atoms with E-state index in [1.165, 1.54) is 18.5 Å². The summed E-state index contributed by atoms with van der Waals surface area (Å²) in [5.41, 5.74) is 0.411. The fourth-order valence-corrected chi connectivity index (χ4v) is 2.76. The third-order valence-corrected chi connectivity index (χ3v) is 3.79. The average Bonchev–Trinajstić information content (AvgIpc) is 2.93. The summed E-state index contributed by atoms with van der Waals surface area (Å²) >= 11 is 0. The van der Waals surface area contributed by atoms with Gasteiger partial charge in [0.2, 0.25) is 0 Å². The van der Waals surface area contributed by atoms with Gasteiger partial charge in [-0.2, -0.15) is 0 Å². The summed E-state index contributed by atoms with van der Waals surface area (Å²) in [6.45, 7) is 1.32. The van der Waals surface area contributed by atoms with Gasteiger partial charge in [0.05, 0.1) is 11.8 Å². The number of likely N-dealkylation sites (tertiary alicyclic amines) is 1. The van der Waals surface area contributed by atoms with Crippen molar-refractivity contribution in [3.05, 3.63) is 36.2 Å². The Labute approximate surface area is 122 Å². The fraction of sp³-hybridized carbons (Fsp3) is 0.429. The lowest BCUT2D eigenvalue weighted by Gasteiger charge is -2.32. The molecular formula is C14H17N5O2. The zero-order valence-corrected chi connectivity index (χ0v) is 11.8. The summed E-state index contributed by atoms with van der Waals surface area (Å²) in [5, 5.41) is 17.5. The standard InChI is InChI=1S/C14H17N5O2/c1-18-9-16-17-13(18)10-3-2-4-19(8-10)14(21)11-5-12(20)7-15-6-11/h5-7,9-10,20H,2-4,8H2,1H3. The van der Waals surface area contributed by atoms with E-state index in [-0.39, 0.29) is 17.6 Å². The van der Waals surface area contributed by atoms with E-state index in [0.29, 0.717) is 18.7 Å². The molecule has 2 aromatic heterocycles. The first-order chi connectivity index (χ1) is 10.1. The maximum atomic E-state index is 12.5. The normalized spacial score (nSPS) is 18.7. The molecule has 3 rings (SSSR count). The van der Waals surface area contributed by atoms with Crippen molar-refractivity contribution in [3.8, 4) is 5.75 Å². The molecule has 0 radical (unpaired) electrons. The first kappa shape index (κ1) is 13.5. The Morgan fingerprint density at radius 3 is 3.00 bits per heavy atom. The van der Waals surface area contributed by atoms with Gasteiger partial charge in [-0.3, -0.25) is 9.78 Å². The maximum absolute atomic E-state index is 12.5. The third kappa shape index (κ3) is 2.72. The SMILES string of the molecule is Cn1cnnc1C1CCCN(C(=O)c2cncc(O)c2)C1. The smallest absolute Gasteiger partial charge is 0.255 e. The van der Waals surface area contributed by atoms with Crippen molar-refractivity contribution < 1.29 is 9.90 Å². The molecule has 1 atom stereocenters. The summed E-state index contributed by atoms with van der Waals surface area (Å²) in [6.07, 6.45) is 6.39. The van der Waals surface area contributed by atoms with Crippen LogP contribution in [0.4, 0.5) is 0 Å². The van der Waals surface area contributed by atoms with Crippen molar-refractivity contribution in [2.24, 2.45) is 7.05 Å². The summed E-state index contributed by atoms with van der Waals surface area (Å²) in [7, 11) is 1.91. The van der Waals surface area contributed by atoms with E-state index in [1.807, 2.05) is 11.6 Å². The molecule has 1 aliphatic rings. The molecule has 0 bridgehead atoms. The van der Waals surface area contributed by atoms with Gasteiger partial charge in [-0.25, -0.2) is 0 Å². The zero-order chi connectivity index (χ0) is 14.8. The van der Waals surface area contributed by atoms with Crippen molar-refractivity contribution in [2.45, 2.75) is 18.8 Å². The minimum atomic E-state index is -0.106. The maximum Gasteiger partial charge on any atom is 0.255 e. The van der Waals surface area contributed by atoms with Crippen LogP contribution in [0.15, 0.2) is 24.8 Å². The number of pyridine rings is 1. The van der Waals surface area contributed by atoms with Crippen LogP contribution >= 0.6 is 0 Å². The highest BCUT2D eigenvalue weighted by atomic mass is 16.3. The number of aryl methyl sites for hydroxylation is 1. The molecule has 1 fully saturated rings. The molecule has 1 unspecified atom stereocenters. The number of aromatic hydroxyl groups is 1. The van der Waals surface area contributed by atoms with Crippen LogP contribution in [0, 0.1) is 0 Å². The average molecular weight is 287 g/mol. The van der Waals surface area contributed by atoms with E-state index in [2.05, 4.69) is 15.2 Å². The lowest BCUT2D eigenvalue weighted by Crippen LogP contribution is -2.39. The van der Waals surface area contributed by atoms with Gasteiger partial charge in [-0.15, -0.1) is 10.2 Å². The second kappa shape index (κ2) is 5.51. The number of carbonyl (C=O) groups excluding carboxylic acids is 1. The molecule has 1 saturated heterocycles. The van der Waals surface area contributed by atoms with Crippen LogP contribution in [0.3, 0.4) is 0 Å². The van der Waals surface area contributed by atoms with Gasteiger partial charge >= 0.3 is 0 Å². The number of carbonyl (C=O) groups is 1. The molecule has 21 heavy (non-hydrogen) atoms. The molecule has 3 heterocycles. The molecule has 0 saturated carbocycles. The number of nitrogens with zero attached hydrogens (tertiary/aromatic N) is 5. The predicted molar refractivity (Wildman–Crippen MR) is 74.8 cm³/mol. The summed E-state index contributed by atoms with van der Waals surface area (Å²) in [5.74, 6) is 0.995. The third-order valence-electron chi connectivity index (χ3n) is 3.79. The highest BCUT2D eigenvalue weighted by Gasteiger charge is 2.28. The molecule has 7 nitrogen and oxygen atoms in total. The zero-order valence-electron chi connectivity index (χ0n) is 11.8. The Balaban J connectivity index is 1.77. The molecule has 0 spiro atoms. The van der Waals surface area contributed by atoms with Gasteiger partial charge < -0.3 is 14.6 Å². The van der Waals surface area contributed by atoms with Crippen LogP contribution in [0.5, 0.6) is 5.75 Å². The number of aromatic nitrogens is 4.